The molecule has 2 aromatic rings. The maximum atomic E-state index is 12.4. The molecule has 2 aliphatic carbocycles. The van der Waals surface area contributed by atoms with Crippen molar-refractivity contribution in [3.8, 4) is 10.8 Å². The van der Waals surface area contributed by atoms with E-state index in [-0.39, 0.29) is 11.8 Å². The topological polar surface area (TPSA) is 68.0 Å². The molecular weight excluding hydrogens is 298 g/mol. The zero-order chi connectivity index (χ0) is 14.9. The molecule has 0 bridgehead atoms. The molecule has 0 aliphatic heterocycles. The number of nitrogens with one attached hydrogen (secondary N) is 1. The van der Waals surface area contributed by atoms with Gasteiger partial charge in [0.1, 0.15) is 4.88 Å². The minimum atomic E-state index is 0.126. The SMILES string of the molecule is O=C(Nc1ccsc1-c1nc(C2CC2)no1)C1CCCCC1. The van der Waals surface area contributed by atoms with E-state index in [0.29, 0.717) is 11.8 Å². The second kappa shape index (κ2) is 5.83. The van der Waals surface area contributed by atoms with Gasteiger partial charge in [0.05, 0.1) is 5.69 Å². The number of thiophene rings is 1. The Labute approximate surface area is 133 Å². The number of carbonyl (C=O) groups is 1. The van der Waals surface area contributed by atoms with Gasteiger partial charge in [-0.3, -0.25) is 4.79 Å². The molecule has 0 saturated heterocycles. The van der Waals surface area contributed by atoms with Crippen molar-refractivity contribution in [2.75, 3.05) is 5.32 Å². The molecule has 2 aliphatic rings. The first kappa shape index (κ1) is 13.9. The summed E-state index contributed by atoms with van der Waals surface area (Å²) in [5.74, 6) is 2.06. The summed E-state index contributed by atoms with van der Waals surface area (Å²) in [6, 6.07) is 1.92. The van der Waals surface area contributed by atoms with Crippen molar-refractivity contribution in [3.05, 3.63) is 17.3 Å². The molecule has 1 N–H and O–H groups in total. The molecule has 2 heterocycles. The maximum absolute atomic E-state index is 12.4. The number of anilines is 1. The van der Waals surface area contributed by atoms with Crippen LogP contribution in [0.3, 0.4) is 0 Å². The van der Waals surface area contributed by atoms with Gasteiger partial charge in [-0.05, 0) is 37.1 Å². The van der Waals surface area contributed by atoms with Crippen LogP contribution in [0.2, 0.25) is 0 Å². The third-order valence-corrected chi connectivity index (χ3v) is 5.38. The van der Waals surface area contributed by atoms with Crippen LogP contribution in [0.25, 0.3) is 10.8 Å². The van der Waals surface area contributed by atoms with Crippen molar-refractivity contribution in [1.82, 2.24) is 10.1 Å². The molecule has 2 saturated carbocycles. The molecule has 0 radical (unpaired) electrons. The van der Waals surface area contributed by atoms with Crippen molar-refractivity contribution in [3.63, 3.8) is 0 Å². The highest BCUT2D eigenvalue weighted by Gasteiger charge is 2.30. The van der Waals surface area contributed by atoms with Gasteiger partial charge in [-0.1, -0.05) is 24.4 Å². The highest BCUT2D eigenvalue weighted by atomic mass is 32.1. The van der Waals surface area contributed by atoms with Crippen molar-refractivity contribution in [2.24, 2.45) is 5.92 Å². The van der Waals surface area contributed by atoms with Gasteiger partial charge in [-0.25, -0.2) is 0 Å². The third-order valence-electron chi connectivity index (χ3n) is 4.48. The molecule has 2 aromatic heterocycles. The molecular formula is C16H19N3O2S. The monoisotopic (exact) mass is 317 g/mol. The minimum Gasteiger partial charge on any atom is -0.333 e. The molecule has 6 heteroatoms. The van der Waals surface area contributed by atoms with Crippen LogP contribution in [0.4, 0.5) is 5.69 Å². The summed E-state index contributed by atoms with van der Waals surface area (Å²) < 4.78 is 5.38. The smallest absolute Gasteiger partial charge is 0.270 e. The number of hydrogen-bond donors (Lipinski definition) is 1. The number of aromatic nitrogens is 2. The fraction of sp³-hybridized carbons (Fsp3) is 0.562. The molecule has 4 rings (SSSR count). The molecule has 0 spiro atoms. The normalized spacial score (nSPS) is 19.3. The zero-order valence-corrected chi connectivity index (χ0v) is 13.2. The largest absolute Gasteiger partial charge is 0.333 e. The first-order valence-corrected chi connectivity index (χ1v) is 8.91. The van der Waals surface area contributed by atoms with Gasteiger partial charge in [-0.2, -0.15) is 4.98 Å². The first-order valence-electron chi connectivity index (χ1n) is 8.03. The van der Waals surface area contributed by atoms with Gasteiger partial charge in [-0.15, -0.1) is 11.3 Å². The van der Waals surface area contributed by atoms with Crippen LogP contribution in [-0.2, 0) is 4.79 Å². The second-order valence-corrected chi connectivity index (χ2v) is 7.14. The highest BCUT2D eigenvalue weighted by Crippen LogP contribution is 2.40. The van der Waals surface area contributed by atoms with Crippen LogP contribution in [0, 0.1) is 5.92 Å². The Morgan fingerprint density at radius 3 is 2.82 bits per heavy atom. The van der Waals surface area contributed by atoms with E-state index in [9.17, 15) is 4.79 Å². The van der Waals surface area contributed by atoms with Crippen molar-refractivity contribution >= 4 is 22.9 Å². The summed E-state index contributed by atoms with van der Waals surface area (Å²) in [6.07, 6.45) is 7.85. The van der Waals surface area contributed by atoms with Crippen LogP contribution in [0.5, 0.6) is 0 Å². The highest BCUT2D eigenvalue weighted by molar-refractivity contribution is 7.14. The Morgan fingerprint density at radius 2 is 2.05 bits per heavy atom. The predicted molar refractivity (Wildman–Crippen MR) is 84.8 cm³/mol. The van der Waals surface area contributed by atoms with E-state index in [1.165, 1.54) is 17.8 Å². The molecule has 116 valence electrons. The lowest BCUT2D eigenvalue weighted by atomic mass is 9.88. The van der Waals surface area contributed by atoms with Gasteiger partial charge < -0.3 is 9.84 Å². The van der Waals surface area contributed by atoms with Gasteiger partial charge in [0.2, 0.25) is 5.91 Å². The van der Waals surface area contributed by atoms with E-state index in [2.05, 4.69) is 15.5 Å². The quantitative estimate of drug-likeness (QED) is 0.918. The summed E-state index contributed by atoms with van der Waals surface area (Å²) >= 11 is 1.53. The van der Waals surface area contributed by atoms with Crippen molar-refractivity contribution in [2.45, 2.75) is 50.9 Å². The van der Waals surface area contributed by atoms with Gasteiger partial charge in [0.15, 0.2) is 5.82 Å². The van der Waals surface area contributed by atoms with Gasteiger partial charge in [0.25, 0.3) is 5.89 Å². The molecule has 0 atom stereocenters. The molecule has 0 unspecified atom stereocenters. The Hall–Kier alpha value is -1.69. The number of carbonyl (C=O) groups excluding carboxylic acids is 1. The Kier molecular flexibility index (Phi) is 3.70. The number of nitrogens with zero attached hydrogens (tertiary/aromatic N) is 2. The first-order chi connectivity index (χ1) is 10.8. The summed E-state index contributed by atoms with van der Waals surface area (Å²) in [5.41, 5.74) is 0.798. The van der Waals surface area contributed by atoms with Crippen LogP contribution in [0.1, 0.15) is 56.7 Å². The van der Waals surface area contributed by atoms with Crippen LogP contribution >= 0.6 is 11.3 Å². The molecule has 5 nitrogen and oxygen atoms in total. The van der Waals surface area contributed by atoms with Crippen molar-refractivity contribution < 1.29 is 9.32 Å². The minimum absolute atomic E-state index is 0.126. The third kappa shape index (κ3) is 2.79. The predicted octanol–water partition coefficient (Wildman–Crippen LogP) is 4.19. The Morgan fingerprint density at radius 1 is 1.23 bits per heavy atom. The standard InChI is InChI=1S/C16H19N3O2S/c20-15(11-4-2-1-3-5-11)17-12-8-9-22-13(12)16-18-14(19-21-16)10-6-7-10/h8-11H,1-7H2,(H,17,20). The molecule has 0 aromatic carbocycles. The van der Waals surface area contributed by atoms with Gasteiger partial charge >= 0.3 is 0 Å². The van der Waals surface area contributed by atoms with Crippen molar-refractivity contribution in [1.29, 1.82) is 0 Å². The summed E-state index contributed by atoms with van der Waals surface area (Å²) in [6.45, 7) is 0. The second-order valence-electron chi connectivity index (χ2n) is 6.22. The number of hydrogen-bond acceptors (Lipinski definition) is 5. The van der Waals surface area contributed by atoms with E-state index in [1.54, 1.807) is 0 Å². The lowest BCUT2D eigenvalue weighted by Gasteiger charge is -2.20. The fourth-order valence-corrected chi connectivity index (χ4v) is 3.78. The average molecular weight is 317 g/mol. The van der Waals surface area contributed by atoms with Crippen LogP contribution < -0.4 is 5.32 Å². The molecule has 2 fully saturated rings. The number of amides is 1. The summed E-state index contributed by atoms with van der Waals surface area (Å²) in [4.78, 5) is 17.7. The molecule has 1 amide bonds. The van der Waals surface area contributed by atoms with Crippen LogP contribution in [-0.4, -0.2) is 16.0 Å². The Bertz CT molecular complexity index is 668. The lowest BCUT2D eigenvalue weighted by Crippen LogP contribution is -2.24. The van der Waals surface area contributed by atoms with E-state index < -0.39 is 0 Å². The maximum Gasteiger partial charge on any atom is 0.270 e. The van der Waals surface area contributed by atoms with E-state index in [1.807, 2.05) is 11.4 Å². The zero-order valence-electron chi connectivity index (χ0n) is 12.4. The molecule has 22 heavy (non-hydrogen) atoms. The van der Waals surface area contributed by atoms with E-state index >= 15 is 0 Å². The van der Waals surface area contributed by atoms with Crippen LogP contribution in [0.15, 0.2) is 16.0 Å². The fourth-order valence-electron chi connectivity index (χ4n) is 3.01. The lowest BCUT2D eigenvalue weighted by molar-refractivity contribution is -0.120. The summed E-state index contributed by atoms with van der Waals surface area (Å²) in [7, 11) is 0. The summed E-state index contributed by atoms with van der Waals surface area (Å²) in [5, 5.41) is 9.06. The average Bonchev–Trinajstić information content (AvgIpc) is 3.10. The van der Waals surface area contributed by atoms with Gasteiger partial charge in [0, 0.05) is 11.8 Å². The van der Waals surface area contributed by atoms with E-state index in [0.717, 1.165) is 54.9 Å². The number of rotatable bonds is 4. The van der Waals surface area contributed by atoms with E-state index in [4.69, 9.17) is 4.52 Å². The Balaban J connectivity index is 1.50.